The summed E-state index contributed by atoms with van der Waals surface area (Å²) in [4.78, 5) is 12.4. The molecule has 0 radical (unpaired) electrons. The van der Waals surface area contributed by atoms with Gasteiger partial charge < -0.3 is 10.6 Å². The fraction of sp³-hybridized carbons (Fsp3) is 0.167. The summed E-state index contributed by atoms with van der Waals surface area (Å²) in [6.45, 7) is 3.69. The molecule has 0 saturated heterocycles. The Kier molecular flexibility index (Phi) is 6.30. The Bertz CT molecular complexity index is 966. The monoisotopic (exact) mass is 422 g/mol. The zero-order valence-corrected chi connectivity index (χ0v) is 16.9. The first-order valence-corrected chi connectivity index (χ1v) is 10.1. The molecule has 0 saturated carbocycles. The minimum absolute atomic E-state index is 0.153. The molecule has 3 aromatic rings. The van der Waals surface area contributed by atoms with E-state index in [-0.39, 0.29) is 17.0 Å². The van der Waals surface area contributed by atoms with Crippen molar-refractivity contribution in [1.29, 1.82) is 0 Å². The number of anilines is 3. The molecule has 1 aromatic heterocycles. The zero-order valence-electron chi connectivity index (χ0n) is 14.5. The third kappa shape index (κ3) is 5.41. The van der Waals surface area contributed by atoms with Crippen molar-refractivity contribution in [2.45, 2.75) is 23.4 Å². The van der Waals surface area contributed by atoms with Gasteiger partial charge in [0.05, 0.1) is 5.25 Å². The summed E-state index contributed by atoms with van der Waals surface area (Å²) in [5.74, 6) is -0.485. The van der Waals surface area contributed by atoms with E-state index in [0.717, 1.165) is 5.56 Å². The predicted octanol–water partition coefficient (Wildman–Crippen LogP) is 5.50. The van der Waals surface area contributed by atoms with Crippen LogP contribution in [0.15, 0.2) is 46.8 Å². The number of aryl methyl sites for hydroxylation is 1. The van der Waals surface area contributed by atoms with Gasteiger partial charge in [0.25, 0.3) is 0 Å². The van der Waals surface area contributed by atoms with Crippen LogP contribution >= 0.6 is 34.7 Å². The van der Waals surface area contributed by atoms with E-state index < -0.39 is 0 Å². The van der Waals surface area contributed by atoms with Gasteiger partial charge in [-0.15, -0.1) is 10.2 Å². The maximum Gasteiger partial charge on any atom is 0.237 e. The number of nitrogens with one attached hydrogen (secondary N) is 2. The smallest absolute Gasteiger partial charge is 0.237 e. The van der Waals surface area contributed by atoms with Crippen LogP contribution in [0.4, 0.5) is 20.9 Å². The molecule has 2 N–H and O–H groups in total. The van der Waals surface area contributed by atoms with E-state index >= 15 is 0 Å². The first-order valence-electron chi connectivity index (χ1n) is 8.00. The van der Waals surface area contributed by atoms with E-state index in [0.29, 0.717) is 25.9 Å². The van der Waals surface area contributed by atoms with Crippen molar-refractivity contribution in [3.63, 3.8) is 0 Å². The Morgan fingerprint density at radius 1 is 1.26 bits per heavy atom. The van der Waals surface area contributed by atoms with Crippen molar-refractivity contribution in [3.8, 4) is 0 Å². The highest BCUT2D eigenvalue weighted by Gasteiger charge is 2.18. The van der Waals surface area contributed by atoms with Gasteiger partial charge >= 0.3 is 0 Å². The number of thioether (sulfide) groups is 1. The number of rotatable bonds is 6. The zero-order chi connectivity index (χ0) is 19.4. The molecule has 1 heterocycles. The molecular weight excluding hydrogens is 407 g/mol. The first-order chi connectivity index (χ1) is 12.9. The fourth-order valence-electron chi connectivity index (χ4n) is 2.17. The molecule has 1 unspecified atom stereocenters. The Labute approximate surface area is 169 Å². The van der Waals surface area contributed by atoms with Crippen LogP contribution in [0.5, 0.6) is 0 Å². The second kappa shape index (κ2) is 8.69. The number of carbonyl (C=O) groups excluding carboxylic acids is 1. The SMILES string of the molecule is Cc1ccc(Cl)cc1NC(=O)C(C)Sc1nnc(Nc2cccc(F)c2)s1. The lowest BCUT2D eigenvalue weighted by molar-refractivity contribution is -0.115. The number of hydrogen-bond acceptors (Lipinski definition) is 6. The molecule has 0 aliphatic rings. The van der Waals surface area contributed by atoms with Crippen LogP contribution < -0.4 is 10.6 Å². The molecule has 3 rings (SSSR count). The summed E-state index contributed by atoms with van der Waals surface area (Å²) in [5, 5.41) is 14.7. The number of amides is 1. The highest BCUT2D eigenvalue weighted by atomic mass is 35.5. The molecule has 0 bridgehead atoms. The van der Waals surface area contributed by atoms with Gasteiger partial charge in [0.1, 0.15) is 5.82 Å². The first kappa shape index (κ1) is 19.6. The van der Waals surface area contributed by atoms with Crippen LogP contribution in [-0.4, -0.2) is 21.4 Å². The second-order valence-corrected chi connectivity index (χ2v) is 8.72. The summed E-state index contributed by atoms with van der Waals surface area (Å²) in [6, 6.07) is 11.4. The standard InChI is InChI=1S/C18H16ClFN4OS2/c1-10-6-7-12(19)8-15(10)22-16(25)11(2)26-18-24-23-17(27-18)21-14-5-3-4-13(20)9-14/h3-9,11H,1-2H3,(H,21,23)(H,22,25). The van der Waals surface area contributed by atoms with Crippen LogP contribution in [0.2, 0.25) is 5.02 Å². The van der Waals surface area contributed by atoms with E-state index in [1.54, 1.807) is 31.2 Å². The third-order valence-corrected chi connectivity index (χ3v) is 5.84. The molecule has 9 heteroatoms. The molecule has 140 valence electrons. The van der Waals surface area contributed by atoms with Gasteiger partial charge in [0.15, 0.2) is 4.34 Å². The fourth-order valence-corrected chi connectivity index (χ4v) is 4.25. The number of aromatic nitrogens is 2. The molecule has 1 atom stereocenters. The quantitative estimate of drug-likeness (QED) is 0.513. The Hall–Kier alpha value is -2.16. The van der Waals surface area contributed by atoms with Gasteiger partial charge in [-0.1, -0.05) is 46.8 Å². The largest absolute Gasteiger partial charge is 0.330 e. The van der Waals surface area contributed by atoms with Crippen molar-refractivity contribution < 1.29 is 9.18 Å². The molecule has 0 aliphatic heterocycles. The average molecular weight is 423 g/mol. The van der Waals surface area contributed by atoms with Crippen LogP contribution in [0.1, 0.15) is 12.5 Å². The number of halogens is 2. The molecule has 0 fully saturated rings. The van der Waals surface area contributed by atoms with E-state index in [9.17, 15) is 9.18 Å². The lowest BCUT2D eigenvalue weighted by atomic mass is 10.2. The molecule has 5 nitrogen and oxygen atoms in total. The maximum atomic E-state index is 13.2. The topological polar surface area (TPSA) is 66.9 Å². The number of carbonyl (C=O) groups is 1. The van der Waals surface area contributed by atoms with Gasteiger partial charge in [-0.05, 0) is 49.7 Å². The van der Waals surface area contributed by atoms with Crippen LogP contribution in [0, 0.1) is 12.7 Å². The Balaban J connectivity index is 1.60. The molecule has 0 spiro atoms. The second-order valence-electron chi connectivity index (χ2n) is 5.72. The summed E-state index contributed by atoms with van der Waals surface area (Å²) < 4.78 is 13.9. The molecule has 0 aliphatic carbocycles. The average Bonchev–Trinajstić information content (AvgIpc) is 3.05. The maximum absolute atomic E-state index is 13.2. The molecule has 27 heavy (non-hydrogen) atoms. The van der Waals surface area contributed by atoms with Gasteiger partial charge in [0, 0.05) is 16.4 Å². The summed E-state index contributed by atoms with van der Waals surface area (Å²) in [6.07, 6.45) is 0. The predicted molar refractivity (Wildman–Crippen MR) is 110 cm³/mol. The van der Waals surface area contributed by atoms with Gasteiger partial charge in [-0.2, -0.15) is 0 Å². The highest BCUT2D eigenvalue weighted by Crippen LogP contribution is 2.31. The van der Waals surface area contributed by atoms with Crippen LogP contribution in [0.3, 0.4) is 0 Å². The number of benzene rings is 2. The molecule has 2 aromatic carbocycles. The lowest BCUT2D eigenvalue weighted by Crippen LogP contribution is -2.22. The Morgan fingerprint density at radius 2 is 2.07 bits per heavy atom. The summed E-state index contributed by atoms with van der Waals surface area (Å²) >= 11 is 8.58. The van der Waals surface area contributed by atoms with Crippen molar-refractivity contribution in [1.82, 2.24) is 10.2 Å². The summed E-state index contributed by atoms with van der Waals surface area (Å²) in [5.41, 5.74) is 2.21. The van der Waals surface area contributed by atoms with E-state index in [2.05, 4.69) is 20.8 Å². The van der Waals surface area contributed by atoms with Gasteiger partial charge in [-0.25, -0.2) is 4.39 Å². The number of hydrogen-bond donors (Lipinski definition) is 2. The van der Waals surface area contributed by atoms with Crippen molar-refractivity contribution in [2.24, 2.45) is 0 Å². The van der Waals surface area contributed by atoms with Crippen molar-refractivity contribution in [3.05, 3.63) is 58.9 Å². The van der Waals surface area contributed by atoms with E-state index in [1.807, 2.05) is 13.0 Å². The van der Waals surface area contributed by atoms with Crippen molar-refractivity contribution in [2.75, 3.05) is 10.6 Å². The highest BCUT2D eigenvalue weighted by molar-refractivity contribution is 8.02. The van der Waals surface area contributed by atoms with Crippen LogP contribution in [0.25, 0.3) is 0 Å². The van der Waals surface area contributed by atoms with Crippen molar-refractivity contribution >= 4 is 57.1 Å². The summed E-state index contributed by atoms with van der Waals surface area (Å²) in [7, 11) is 0. The van der Waals surface area contributed by atoms with E-state index in [1.165, 1.54) is 35.2 Å². The number of nitrogens with zero attached hydrogens (tertiary/aromatic N) is 2. The lowest BCUT2D eigenvalue weighted by Gasteiger charge is -2.12. The van der Waals surface area contributed by atoms with E-state index in [4.69, 9.17) is 11.6 Å². The molecule has 1 amide bonds. The minimum Gasteiger partial charge on any atom is -0.330 e. The minimum atomic E-state index is -0.377. The Morgan fingerprint density at radius 3 is 2.85 bits per heavy atom. The van der Waals surface area contributed by atoms with Gasteiger partial charge in [-0.3, -0.25) is 4.79 Å². The normalized spacial score (nSPS) is 11.9. The van der Waals surface area contributed by atoms with Crippen LogP contribution in [-0.2, 0) is 4.79 Å². The molecular formula is C18H16ClFN4OS2. The van der Waals surface area contributed by atoms with Gasteiger partial charge in [0.2, 0.25) is 11.0 Å². The third-order valence-electron chi connectivity index (χ3n) is 3.59.